The molecule has 0 atom stereocenters. The van der Waals surface area contributed by atoms with Crippen LogP contribution in [0.2, 0.25) is 0 Å². The number of rotatable bonds is 5. The Hall–Kier alpha value is -3.74. The van der Waals surface area contributed by atoms with Crippen LogP contribution in [0.3, 0.4) is 0 Å². The molecule has 0 aliphatic carbocycles. The predicted octanol–water partition coefficient (Wildman–Crippen LogP) is 3.36. The van der Waals surface area contributed by atoms with Gasteiger partial charge >= 0.3 is 0 Å². The van der Waals surface area contributed by atoms with Gasteiger partial charge in [0, 0.05) is 18.9 Å². The molecule has 0 unspecified atom stereocenters. The summed E-state index contributed by atoms with van der Waals surface area (Å²) in [6.45, 7) is 2.43. The number of amides is 2. The summed E-state index contributed by atoms with van der Waals surface area (Å²) in [5.74, 6) is 0.146. The average Bonchev–Trinajstić information content (AvgIpc) is 3.08. The molecule has 29 heavy (non-hydrogen) atoms. The molecule has 2 heterocycles. The van der Waals surface area contributed by atoms with Gasteiger partial charge in [-0.2, -0.15) is 10.2 Å². The van der Waals surface area contributed by atoms with Gasteiger partial charge in [-0.05, 0) is 24.6 Å². The zero-order valence-electron chi connectivity index (χ0n) is 16.1. The summed E-state index contributed by atoms with van der Waals surface area (Å²) in [5.41, 5.74) is 2.86. The van der Waals surface area contributed by atoms with Gasteiger partial charge in [-0.3, -0.25) is 9.59 Å². The second kappa shape index (κ2) is 8.10. The minimum atomic E-state index is -0.326. The predicted molar refractivity (Wildman–Crippen MR) is 112 cm³/mol. The summed E-state index contributed by atoms with van der Waals surface area (Å²) in [7, 11) is 0. The van der Waals surface area contributed by atoms with Gasteiger partial charge in [0.15, 0.2) is 0 Å². The highest BCUT2D eigenvalue weighted by Crippen LogP contribution is 2.20. The van der Waals surface area contributed by atoms with E-state index in [0.29, 0.717) is 30.2 Å². The fourth-order valence-corrected chi connectivity index (χ4v) is 3.20. The van der Waals surface area contributed by atoms with Crippen molar-refractivity contribution in [2.75, 3.05) is 10.3 Å². The maximum absolute atomic E-state index is 12.8. The van der Waals surface area contributed by atoms with Crippen molar-refractivity contribution >= 4 is 29.0 Å². The van der Waals surface area contributed by atoms with Gasteiger partial charge in [-0.1, -0.05) is 48.5 Å². The fourth-order valence-electron chi connectivity index (χ4n) is 3.20. The molecule has 7 heteroatoms. The first-order valence-electron chi connectivity index (χ1n) is 9.45. The number of hydrazone groups is 1. The number of nitrogens with one attached hydrogen (secondary N) is 1. The number of benzene rings is 2. The summed E-state index contributed by atoms with van der Waals surface area (Å²) in [4.78, 5) is 25.1. The van der Waals surface area contributed by atoms with E-state index in [9.17, 15) is 9.59 Å². The van der Waals surface area contributed by atoms with Gasteiger partial charge < -0.3 is 5.32 Å². The van der Waals surface area contributed by atoms with Crippen molar-refractivity contribution in [3.63, 3.8) is 0 Å². The van der Waals surface area contributed by atoms with Crippen LogP contribution in [0.1, 0.15) is 24.1 Å². The van der Waals surface area contributed by atoms with Crippen LogP contribution in [0.15, 0.2) is 71.8 Å². The fraction of sp³-hybridized carbons (Fsp3) is 0.182. The van der Waals surface area contributed by atoms with Gasteiger partial charge in [0.1, 0.15) is 11.5 Å². The van der Waals surface area contributed by atoms with E-state index in [-0.39, 0.29) is 18.2 Å². The molecule has 4 rings (SSSR count). The Morgan fingerprint density at radius 1 is 1.03 bits per heavy atom. The molecule has 1 aliphatic heterocycles. The third kappa shape index (κ3) is 4.24. The highest BCUT2D eigenvalue weighted by Gasteiger charge is 2.26. The minimum Gasteiger partial charge on any atom is -0.306 e. The molecule has 0 spiro atoms. The lowest BCUT2D eigenvalue weighted by atomic mass is 10.1. The Kier molecular flexibility index (Phi) is 5.20. The Bertz CT molecular complexity index is 1060. The molecule has 7 nitrogen and oxygen atoms in total. The SMILES string of the molecule is Cc1cc(NC(=O)C2=NN(c3ccccc3)C(=O)CC2)n(Cc2ccccc2)n1. The standard InChI is InChI=1S/C22H21N5O2/c1-16-14-20(26(24-16)15-17-8-4-2-5-9-17)23-22(29)19-12-13-21(28)27(25-19)18-10-6-3-7-11-18/h2-11,14H,12-13,15H2,1H3,(H,23,29). The van der Waals surface area contributed by atoms with Crippen LogP contribution in [0.5, 0.6) is 0 Å². The lowest BCUT2D eigenvalue weighted by Crippen LogP contribution is -2.36. The van der Waals surface area contributed by atoms with Crippen molar-refractivity contribution < 1.29 is 9.59 Å². The Morgan fingerprint density at radius 3 is 2.45 bits per heavy atom. The van der Waals surface area contributed by atoms with Gasteiger partial charge in [-0.25, -0.2) is 9.69 Å². The summed E-state index contributed by atoms with van der Waals surface area (Å²) in [6, 6.07) is 20.9. The summed E-state index contributed by atoms with van der Waals surface area (Å²) >= 11 is 0. The second-order valence-corrected chi connectivity index (χ2v) is 6.86. The Morgan fingerprint density at radius 2 is 1.72 bits per heavy atom. The van der Waals surface area contributed by atoms with Crippen molar-refractivity contribution in [2.45, 2.75) is 26.3 Å². The number of hydrogen-bond acceptors (Lipinski definition) is 4. The van der Waals surface area contributed by atoms with Crippen LogP contribution in [0.4, 0.5) is 11.5 Å². The highest BCUT2D eigenvalue weighted by molar-refractivity contribution is 6.44. The maximum Gasteiger partial charge on any atom is 0.273 e. The number of hydrogen-bond donors (Lipinski definition) is 1. The zero-order chi connectivity index (χ0) is 20.2. The summed E-state index contributed by atoms with van der Waals surface area (Å²) in [5, 5.41) is 13.0. The molecule has 0 radical (unpaired) electrons. The Balaban J connectivity index is 1.54. The number of nitrogens with zero attached hydrogens (tertiary/aromatic N) is 4. The van der Waals surface area contributed by atoms with Crippen molar-refractivity contribution in [1.82, 2.24) is 9.78 Å². The molecule has 146 valence electrons. The number of aryl methyl sites for hydroxylation is 1. The normalized spacial score (nSPS) is 13.9. The van der Waals surface area contributed by atoms with Crippen molar-refractivity contribution in [1.29, 1.82) is 0 Å². The topological polar surface area (TPSA) is 79.6 Å². The molecule has 1 aliphatic rings. The van der Waals surface area contributed by atoms with E-state index in [4.69, 9.17) is 0 Å². The average molecular weight is 387 g/mol. The monoisotopic (exact) mass is 387 g/mol. The van der Waals surface area contributed by atoms with E-state index >= 15 is 0 Å². The van der Waals surface area contributed by atoms with Crippen LogP contribution in [-0.4, -0.2) is 27.3 Å². The third-order valence-corrected chi connectivity index (χ3v) is 4.61. The van der Waals surface area contributed by atoms with Gasteiger partial charge in [-0.15, -0.1) is 0 Å². The summed E-state index contributed by atoms with van der Waals surface area (Å²) in [6.07, 6.45) is 0.545. The van der Waals surface area contributed by atoms with Crippen molar-refractivity contribution in [3.8, 4) is 0 Å². The number of aromatic nitrogens is 2. The number of anilines is 2. The minimum absolute atomic E-state index is 0.127. The molecule has 2 amide bonds. The van der Waals surface area contributed by atoms with Crippen molar-refractivity contribution in [2.24, 2.45) is 5.10 Å². The van der Waals surface area contributed by atoms with E-state index in [1.165, 1.54) is 5.01 Å². The molecule has 1 N–H and O–H groups in total. The van der Waals surface area contributed by atoms with Gasteiger partial charge in [0.05, 0.1) is 17.9 Å². The molecule has 0 saturated heterocycles. The van der Waals surface area contributed by atoms with Crippen LogP contribution in [0, 0.1) is 6.92 Å². The van der Waals surface area contributed by atoms with E-state index in [1.807, 2.05) is 61.5 Å². The van der Waals surface area contributed by atoms with Crippen LogP contribution in [0.25, 0.3) is 0 Å². The zero-order valence-corrected chi connectivity index (χ0v) is 16.1. The van der Waals surface area contributed by atoms with E-state index in [1.54, 1.807) is 16.8 Å². The second-order valence-electron chi connectivity index (χ2n) is 6.86. The first-order valence-corrected chi connectivity index (χ1v) is 9.45. The van der Waals surface area contributed by atoms with Crippen LogP contribution >= 0.6 is 0 Å². The molecule has 2 aromatic carbocycles. The largest absolute Gasteiger partial charge is 0.306 e. The maximum atomic E-state index is 12.8. The lowest BCUT2D eigenvalue weighted by molar-refractivity contribution is -0.118. The molecular formula is C22H21N5O2. The van der Waals surface area contributed by atoms with E-state index < -0.39 is 0 Å². The van der Waals surface area contributed by atoms with Gasteiger partial charge in [0.2, 0.25) is 5.91 Å². The molecule has 0 saturated carbocycles. The molecule has 0 bridgehead atoms. The highest BCUT2D eigenvalue weighted by atomic mass is 16.2. The van der Waals surface area contributed by atoms with E-state index in [2.05, 4.69) is 15.5 Å². The molecule has 0 fully saturated rings. The summed E-state index contributed by atoms with van der Waals surface area (Å²) < 4.78 is 1.76. The first-order chi connectivity index (χ1) is 14.1. The number of carbonyl (C=O) groups is 2. The molecular weight excluding hydrogens is 366 g/mol. The quantitative estimate of drug-likeness (QED) is 0.729. The number of para-hydroxylation sites is 1. The van der Waals surface area contributed by atoms with Crippen molar-refractivity contribution in [3.05, 3.63) is 78.0 Å². The molecule has 3 aromatic rings. The van der Waals surface area contributed by atoms with Crippen LogP contribution < -0.4 is 10.3 Å². The van der Waals surface area contributed by atoms with E-state index in [0.717, 1.165) is 11.3 Å². The number of carbonyl (C=O) groups excluding carboxylic acids is 2. The molecule has 1 aromatic heterocycles. The van der Waals surface area contributed by atoms with Gasteiger partial charge in [0.25, 0.3) is 5.91 Å². The Labute approximate surface area is 168 Å². The first kappa shape index (κ1) is 18.6. The third-order valence-electron chi connectivity index (χ3n) is 4.61. The smallest absolute Gasteiger partial charge is 0.273 e. The lowest BCUT2D eigenvalue weighted by Gasteiger charge is -2.23. The van der Waals surface area contributed by atoms with Crippen LogP contribution in [-0.2, 0) is 16.1 Å².